The van der Waals surface area contributed by atoms with Gasteiger partial charge in [0.1, 0.15) is 11.5 Å². The summed E-state index contributed by atoms with van der Waals surface area (Å²) in [5, 5.41) is 3.15. The van der Waals surface area contributed by atoms with Crippen molar-refractivity contribution in [2.45, 2.75) is 19.8 Å². The number of nitrogens with two attached hydrogens (primary N) is 1. The molecule has 0 spiro atoms. The first-order chi connectivity index (χ1) is 9.94. The SMILES string of the molecule is CCCC(C(=O)Nc1cc(OC)c(Cl)cc1OC)C(N)=S. The normalized spacial score (nSPS) is 11.6. The number of carbonyl (C=O) groups is 1. The van der Waals surface area contributed by atoms with Gasteiger partial charge in [-0.1, -0.05) is 37.2 Å². The number of anilines is 1. The molecule has 7 heteroatoms. The van der Waals surface area contributed by atoms with Crippen LogP contribution in [0.2, 0.25) is 5.02 Å². The number of hydrogen-bond donors (Lipinski definition) is 2. The van der Waals surface area contributed by atoms with Gasteiger partial charge in [-0.05, 0) is 6.42 Å². The molecule has 0 bridgehead atoms. The minimum absolute atomic E-state index is 0.175. The lowest BCUT2D eigenvalue weighted by molar-refractivity contribution is -0.118. The number of amides is 1. The molecule has 0 saturated carbocycles. The molecule has 0 heterocycles. The Labute approximate surface area is 134 Å². The van der Waals surface area contributed by atoms with Crippen LogP contribution in [0.15, 0.2) is 12.1 Å². The van der Waals surface area contributed by atoms with Crippen LogP contribution in [-0.4, -0.2) is 25.1 Å². The quantitative estimate of drug-likeness (QED) is 0.752. The van der Waals surface area contributed by atoms with Crippen molar-refractivity contribution in [2.24, 2.45) is 11.7 Å². The first kappa shape index (κ1) is 17.5. The van der Waals surface area contributed by atoms with Crippen LogP contribution in [-0.2, 0) is 4.79 Å². The number of carbonyl (C=O) groups excluding carboxylic acids is 1. The summed E-state index contributed by atoms with van der Waals surface area (Å²) >= 11 is 11.0. The summed E-state index contributed by atoms with van der Waals surface area (Å²) < 4.78 is 10.3. The fourth-order valence-corrected chi connectivity index (χ4v) is 2.32. The highest BCUT2D eigenvalue weighted by Crippen LogP contribution is 2.36. The lowest BCUT2D eigenvalue weighted by Crippen LogP contribution is -2.33. The van der Waals surface area contributed by atoms with Crippen LogP contribution in [0.4, 0.5) is 5.69 Å². The summed E-state index contributed by atoms with van der Waals surface area (Å²) in [6.45, 7) is 1.96. The molecule has 0 fully saturated rings. The third-order valence-corrected chi connectivity index (χ3v) is 3.55. The number of hydrogen-bond acceptors (Lipinski definition) is 4. The monoisotopic (exact) mass is 330 g/mol. The highest BCUT2D eigenvalue weighted by molar-refractivity contribution is 7.80. The third kappa shape index (κ3) is 4.47. The van der Waals surface area contributed by atoms with Gasteiger partial charge in [0.25, 0.3) is 0 Å². The molecule has 21 heavy (non-hydrogen) atoms. The minimum Gasteiger partial charge on any atom is -0.495 e. The maximum Gasteiger partial charge on any atom is 0.234 e. The van der Waals surface area contributed by atoms with Crippen molar-refractivity contribution >= 4 is 40.4 Å². The van der Waals surface area contributed by atoms with E-state index in [1.54, 1.807) is 12.1 Å². The first-order valence-electron chi connectivity index (χ1n) is 6.46. The summed E-state index contributed by atoms with van der Waals surface area (Å²) in [5.41, 5.74) is 6.08. The molecule has 5 nitrogen and oxygen atoms in total. The summed E-state index contributed by atoms with van der Waals surface area (Å²) in [4.78, 5) is 12.5. The molecule has 1 aromatic rings. The molecule has 1 aromatic carbocycles. The highest BCUT2D eigenvalue weighted by Gasteiger charge is 2.22. The number of methoxy groups -OCH3 is 2. The molecule has 0 aliphatic heterocycles. The van der Waals surface area contributed by atoms with Crippen molar-refractivity contribution in [3.8, 4) is 11.5 Å². The van der Waals surface area contributed by atoms with E-state index in [1.807, 2.05) is 6.92 Å². The second-order valence-corrected chi connectivity index (χ2v) is 5.30. The Morgan fingerprint density at radius 3 is 2.48 bits per heavy atom. The Balaban J connectivity index is 3.05. The largest absolute Gasteiger partial charge is 0.495 e. The van der Waals surface area contributed by atoms with Crippen molar-refractivity contribution in [1.82, 2.24) is 0 Å². The molecule has 0 aromatic heterocycles. The molecule has 1 amide bonds. The Hall–Kier alpha value is -1.53. The van der Waals surface area contributed by atoms with Gasteiger partial charge in [0.15, 0.2) is 0 Å². The fraction of sp³-hybridized carbons (Fsp3) is 0.429. The van der Waals surface area contributed by atoms with Gasteiger partial charge in [0.2, 0.25) is 5.91 Å². The molecule has 1 unspecified atom stereocenters. The maximum atomic E-state index is 12.3. The average Bonchev–Trinajstić information content (AvgIpc) is 2.45. The number of thiocarbonyl (C=S) groups is 1. The molecule has 0 aliphatic rings. The molecule has 0 radical (unpaired) electrons. The predicted molar refractivity (Wildman–Crippen MR) is 88.4 cm³/mol. The zero-order chi connectivity index (χ0) is 16.0. The Bertz CT molecular complexity index is 537. The van der Waals surface area contributed by atoms with Crippen molar-refractivity contribution in [2.75, 3.05) is 19.5 Å². The van der Waals surface area contributed by atoms with Gasteiger partial charge >= 0.3 is 0 Å². The van der Waals surface area contributed by atoms with E-state index in [-0.39, 0.29) is 10.9 Å². The fourth-order valence-electron chi connectivity index (χ4n) is 1.87. The van der Waals surface area contributed by atoms with Gasteiger partial charge in [0, 0.05) is 12.1 Å². The first-order valence-corrected chi connectivity index (χ1v) is 7.24. The van der Waals surface area contributed by atoms with Crippen molar-refractivity contribution in [1.29, 1.82) is 0 Å². The number of rotatable bonds is 7. The van der Waals surface area contributed by atoms with E-state index < -0.39 is 5.92 Å². The van der Waals surface area contributed by atoms with E-state index in [0.717, 1.165) is 6.42 Å². The zero-order valence-electron chi connectivity index (χ0n) is 12.2. The zero-order valence-corrected chi connectivity index (χ0v) is 13.8. The molecular weight excluding hydrogens is 312 g/mol. The topological polar surface area (TPSA) is 73.6 Å². The lowest BCUT2D eigenvalue weighted by Gasteiger charge is -2.17. The summed E-state index contributed by atoms with van der Waals surface area (Å²) in [6.07, 6.45) is 1.39. The van der Waals surface area contributed by atoms with Gasteiger partial charge in [0.05, 0.1) is 35.8 Å². The second kappa shape index (κ2) is 8.05. The molecular formula is C14H19ClN2O3S. The van der Waals surface area contributed by atoms with Crippen LogP contribution in [0.5, 0.6) is 11.5 Å². The van der Waals surface area contributed by atoms with Crippen molar-refractivity contribution < 1.29 is 14.3 Å². The summed E-state index contributed by atoms with van der Waals surface area (Å²) in [5.74, 6) is 0.0888. The highest BCUT2D eigenvalue weighted by atomic mass is 35.5. The van der Waals surface area contributed by atoms with Crippen LogP contribution < -0.4 is 20.5 Å². The van der Waals surface area contributed by atoms with E-state index in [2.05, 4.69) is 5.32 Å². The Kier molecular flexibility index (Phi) is 6.71. The number of benzene rings is 1. The van der Waals surface area contributed by atoms with Crippen LogP contribution in [0.3, 0.4) is 0 Å². The van der Waals surface area contributed by atoms with Crippen LogP contribution in [0, 0.1) is 5.92 Å². The van der Waals surface area contributed by atoms with Crippen molar-refractivity contribution in [3.63, 3.8) is 0 Å². The number of halogens is 1. The minimum atomic E-state index is -0.517. The number of nitrogens with one attached hydrogen (secondary N) is 1. The molecule has 1 atom stereocenters. The van der Waals surface area contributed by atoms with Gasteiger partial charge in [-0.25, -0.2) is 0 Å². The average molecular weight is 331 g/mol. The lowest BCUT2D eigenvalue weighted by atomic mass is 10.0. The van der Waals surface area contributed by atoms with E-state index in [4.69, 9.17) is 39.0 Å². The molecule has 1 rings (SSSR count). The second-order valence-electron chi connectivity index (χ2n) is 4.42. The van der Waals surface area contributed by atoms with Gasteiger partial charge < -0.3 is 20.5 Å². The van der Waals surface area contributed by atoms with E-state index >= 15 is 0 Å². The van der Waals surface area contributed by atoms with Gasteiger partial charge in [-0.3, -0.25) is 4.79 Å². The van der Waals surface area contributed by atoms with Crippen LogP contribution >= 0.6 is 23.8 Å². The van der Waals surface area contributed by atoms with Crippen LogP contribution in [0.1, 0.15) is 19.8 Å². The van der Waals surface area contributed by atoms with Crippen molar-refractivity contribution in [3.05, 3.63) is 17.2 Å². The molecule has 3 N–H and O–H groups in total. The Morgan fingerprint density at radius 1 is 1.38 bits per heavy atom. The predicted octanol–water partition coefficient (Wildman–Crippen LogP) is 3.00. The number of ether oxygens (including phenoxy) is 2. The van der Waals surface area contributed by atoms with Gasteiger partial charge in [-0.15, -0.1) is 0 Å². The van der Waals surface area contributed by atoms with Gasteiger partial charge in [-0.2, -0.15) is 0 Å². The summed E-state index contributed by atoms with van der Waals surface area (Å²) in [7, 11) is 2.99. The van der Waals surface area contributed by atoms with Crippen LogP contribution in [0.25, 0.3) is 0 Å². The standard InChI is InChI=1S/C14H19ClN2O3S/c1-4-5-8(13(16)21)14(18)17-10-7-11(19-2)9(15)6-12(10)20-3/h6-8H,4-5H2,1-3H3,(H2,16,21)(H,17,18). The van der Waals surface area contributed by atoms with E-state index in [9.17, 15) is 4.79 Å². The molecule has 0 aliphatic carbocycles. The maximum absolute atomic E-state index is 12.3. The summed E-state index contributed by atoms with van der Waals surface area (Å²) in [6, 6.07) is 3.17. The molecule has 116 valence electrons. The smallest absolute Gasteiger partial charge is 0.234 e. The molecule has 0 saturated heterocycles. The van der Waals surface area contributed by atoms with E-state index in [1.165, 1.54) is 14.2 Å². The van der Waals surface area contributed by atoms with E-state index in [0.29, 0.717) is 28.6 Å². The Morgan fingerprint density at radius 2 is 2.00 bits per heavy atom. The third-order valence-electron chi connectivity index (χ3n) is 2.97.